The van der Waals surface area contributed by atoms with Crippen LogP contribution in [-0.2, 0) is 0 Å². The van der Waals surface area contributed by atoms with Crippen LogP contribution in [0.5, 0.6) is 0 Å². The summed E-state index contributed by atoms with van der Waals surface area (Å²) in [6.07, 6.45) is 4.73. The van der Waals surface area contributed by atoms with Gasteiger partial charge in [0, 0.05) is 32.0 Å². The standard InChI is InChI=1S/C18H31N3O/c1-6-8-9-15(7-2)13-19-18(22)20-17-11-10-16(21(4)5)12-14(17)3/h10-12,15H,6-9,13H2,1-5H3,(H2,19,20,22). The molecule has 1 aromatic carbocycles. The van der Waals surface area contributed by atoms with Crippen molar-refractivity contribution in [3.8, 4) is 0 Å². The van der Waals surface area contributed by atoms with E-state index in [0.29, 0.717) is 5.92 Å². The highest BCUT2D eigenvalue weighted by Crippen LogP contribution is 2.21. The van der Waals surface area contributed by atoms with E-state index in [1.807, 2.05) is 33.2 Å². The predicted octanol–water partition coefficient (Wildman–Crippen LogP) is 4.40. The maximum atomic E-state index is 12.0. The lowest BCUT2D eigenvalue weighted by Crippen LogP contribution is -2.33. The van der Waals surface area contributed by atoms with Crippen molar-refractivity contribution < 1.29 is 4.79 Å². The second-order valence-electron chi connectivity index (χ2n) is 6.15. The highest BCUT2D eigenvalue weighted by molar-refractivity contribution is 5.90. The Kier molecular flexibility index (Phi) is 7.78. The van der Waals surface area contributed by atoms with E-state index >= 15 is 0 Å². The molecule has 0 aliphatic carbocycles. The minimum Gasteiger partial charge on any atom is -0.378 e. The fraction of sp³-hybridized carbons (Fsp3) is 0.611. The quantitative estimate of drug-likeness (QED) is 0.747. The molecule has 0 saturated carbocycles. The molecule has 4 nitrogen and oxygen atoms in total. The van der Waals surface area contributed by atoms with Crippen molar-refractivity contribution in [1.82, 2.24) is 5.32 Å². The summed E-state index contributed by atoms with van der Waals surface area (Å²) in [5, 5.41) is 5.94. The molecule has 22 heavy (non-hydrogen) atoms. The van der Waals surface area contributed by atoms with Gasteiger partial charge in [-0.1, -0.05) is 33.1 Å². The molecule has 0 saturated heterocycles. The second-order valence-corrected chi connectivity index (χ2v) is 6.15. The van der Waals surface area contributed by atoms with Crippen LogP contribution in [0, 0.1) is 12.8 Å². The van der Waals surface area contributed by atoms with E-state index in [-0.39, 0.29) is 6.03 Å². The number of carbonyl (C=O) groups is 1. The number of nitrogens with zero attached hydrogens (tertiary/aromatic N) is 1. The fourth-order valence-corrected chi connectivity index (χ4v) is 2.41. The van der Waals surface area contributed by atoms with E-state index in [1.165, 1.54) is 19.3 Å². The van der Waals surface area contributed by atoms with E-state index in [0.717, 1.165) is 29.9 Å². The van der Waals surface area contributed by atoms with Gasteiger partial charge >= 0.3 is 6.03 Å². The summed E-state index contributed by atoms with van der Waals surface area (Å²) < 4.78 is 0. The van der Waals surface area contributed by atoms with Crippen LogP contribution in [-0.4, -0.2) is 26.7 Å². The van der Waals surface area contributed by atoms with E-state index in [1.54, 1.807) is 0 Å². The van der Waals surface area contributed by atoms with Crippen LogP contribution >= 0.6 is 0 Å². The molecule has 0 spiro atoms. The lowest BCUT2D eigenvalue weighted by atomic mass is 9.99. The number of unbranched alkanes of at least 4 members (excludes halogenated alkanes) is 1. The smallest absolute Gasteiger partial charge is 0.319 e. The van der Waals surface area contributed by atoms with Gasteiger partial charge in [-0.3, -0.25) is 0 Å². The first-order chi connectivity index (χ1) is 10.5. The zero-order valence-corrected chi connectivity index (χ0v) is 14.7. The molecule has 0 aromatic heterocycles. The summed E-state index contributed by atoms with van der Waals surface area (Å²) in [4.78, 5) is 14.1. The van der Waals surface area contributed by atoms with Crippen LogP contribution < -0.4 is 15.5 Å². The lowest BCUT2D eigenvalue weighted by molar-refractivity contribution is 0.249. The summed E-state index contributed by atoms with van der Waals surface area (Å²) in [5.41, 5.74) is 3.07. The van der Waals surface area contributed by atoms with Gasteiger partial charge in [-0.15, -0.1) is 0 Å². The average Bonchev–Trinajstić information content (AvgIpc) is 2.49. The van der Waals surface area contributed by atoms with Gasteiger partial charge in [0.1, 0.15) is 0 Å². The van der Waals surface area contributed by atoms with Gasteiger partial charge in [0.2, 0.25) is 0 Å². The van der Waals surface area contributed by atoms with Crippen LogP contribution in [0.3, 0.4) is 0 Å². The molecule has 0 fully saturated rings. The number of amides is 2. The lowest BCUT2D eigenvalue weighted by Gasteiger charge is -2.17. The summed E-state index contributed by atoms with van der Waals surface area (Å²) in [6, 6.07) is 5.93. The zero-order valence-electron chi connectivity index (χ0n) is 14.7. The second kappa shape index (κ2) is 9.34. The van der Waals surface area contributed by atoms with Crippen LogP contribution in [0.25, 0.3) is 0 Å². The molecule has 0 bridgehead atoms. The number of hydrogen-bond acceptors (Lipinski definition) is 2. The topological polar surface area (TPSA) is 44.4 Å². The van der Waals surface area contributed by atoms with Crippen LogP contribution in [0.1, 0.15) is 45.1 Å². The van der Waals surface area contributed by atoms with Gasteiger partial charge < -0.3 is 15.5 Å². The van der Waals surface area contributed by atoms with Gasteiger partial charge in [0.15, 0.2) is 0 Å². The first kappa shape index (κ1) is 18.3. The molecule has 1 aromatic rings. The van der Waals surface area contributed by atoms with E-state index < -0.39 is 0 Å². The minimum absolute atomic E-state index is 0.115. The normalized spacial score (nSPS) is 11.9. The first-order valence-electron chi connectivity index (χ1n) is 8.30. The number of rotatable bonds is 8. The highest BCUT2D eigenvalue weighted by Gasteiger charge is 2.09. The van der Waals surface area contributed by atoms with Crippen molar-refractivity contribution in [3.63, 3.8) is 0 Å². The Balaban J connectivity index is 2.51. The fourth-order valence-electron chi connectivity index (χ4n) is 2.41. The molecule has 0 heterocycles. The summed E-state index contributed by atoms with van der Waals surface area (Å²) in [6.45, 7) is 7.15. The zero-order chi connectivity index (χ0) is 16.5. The monoisotopic (exact) mass is 305 g/mol. The number of hydrogen-bond donors (Lipinski definition) is 2. The largest absolute Gasteiger partial charge is 0.378 e. The molecule has 1 unspecified atom stereocenters. The molecule has 0 radical (unpaired) electrons. The maximum absolute atomic E-state index is 12.0. The van der Waals surface area contributed by atoms with Crippen molar-refractivity contribution in [2.75, 3.05) is 30.9 Å². The van der Waals surface area contributed by atoms with Gasteiger partial charge in [0.05, 0.1) is 0 Å². The number of benzene rings is 1. The molecule has 1 atom stereocenters. The Hall–Kier alpha value is -1.71. The molecule has 2 N–H and O–H groups in total. The SMILES string of the molecule is CCCCC(CC)CNC(=O)Nc1ccc(N(C)C)cc1C. The minimum atomic E-state index is -0.115. The third-order valence-corrected chi connectivity index (χ3v) is 4.07. The number of anilines is 2. The van der Waals surface area contributed by atoms with Crippen LogP contribution in [0.15, 0.2) is 18.2 Å². The Morgan fingerprint density at radius 1 is 1.27 bits per heavy atom. The molecule has 124 valence electrons. The third-order valence-electron chi connectivity index (χ3n) is 4.07. The molecular weight excluding hydrogens is 274 g/mol. The van der Waals surface area contributed by atoms with E-state index in [9.17, 15) is 4.79 Å². The van der Waals surface area contributed by atoms with E-state index in [4.69, 9.17) is 0 Å². The van der Waals surface area contributed by atoms with Crippen molar-refractivity contribution in [2.24, 2.45) is 5.92 Å². The van der Waals surface area contributed by atoms with Gasteiger partial charge in [0.25, 0.3) is 0 Å². The Labute approximate surface area is 135 Å². The Morgan fingerprint density at radius 3 is 2.55 bits per heavy atom. The number of urea groups is 1. The first-order valence-corrected chi connectivity index (χ1v) is 8.30. The molecule has 0 aliphatic rings. The van der Waals surface area contributed by atoms with Crippen molar-refractivity contribution in [2.45, 2.75) is 46.5 Å². The number of aryl methyl sites for hydroxylation is 1. The van der Waals surface area contributed by atoms with Crippen molar-refractivity contribution >= 4 is 17.4 Å². The third kappa shape index (κ3) is 5.96. The summed E-state index contributed by atoms with van der Waals surface area (Å²) in [5.74, 6) is 0.572. The summed E-state index contributed by atoms with van der Waals surface area (Å²) in [7, 11) is 4.02. The predicted molar refractivity (Wildman–Crippen MR) is 95.8 cm³/mol. The molecule has 4 heteroatoms. The van der Waals surface area contributed by atoms with Crippen LogP contribution in [0.4, 0.5) is 16.2 Å². The molecule has 1 rings (SSSR count). The molecule has 0 aliphatic heterocycles. The van der Waals surface area contributed by atoms with Crippen molar-refractivity contribution in [1.29, 1.82) is 0 Å². The highest BCUT2D eigenvalue weighted by atomic mass is 16.2. The van der Waals surface area contributed by atoms with Gasteiger partial charge in [-0.2, -0.15) is 0 Å². The number of nitrogens with one attached hydrogen (secondary N) is 2. The Morgan fingerprint density at radius 2 is 2.00 bits per heavy atom. The van der Waals surface area contributed by atoms with Gasteiger partial charge in [-0.25, -0.2) is 4.79 Å². The Bertz CT molecular complexity index is 471. The van der Waals surface area contributed by atoms with Crippen LogP contribution in [0.2, 0.25) is 0 Å². The van der Waals surface area contributed by atoms with Crippen molar-refractivity contribution in [3.05, 3.63) is 23.8 Å². The molecule has 2 amide bonds. The average molecular weight is 305 g/mol. The van der Waals surface area contributed by atoms with E-state index in [2.05, 4.69) is 35.4 Å². The summed E-state index contributed by atoms with van der Waals surface area (Å²) >= 11 is 0. The maximum Gasteiger partial charge on any atom is 0.319 e. The molecular formula is C18H31N3O. The number of carbonyl (C=O) groups excluding carboxylic acids is 1. The van der Waals surface area contributed by atoms with Gasteiger partial charge in [-0.05, 0) is 43.0 Å².